The van der Waals surface area contributed by atoms with Crippen molar-refractivity contribution < 1.29 is 9.21 Å². The van der Waals surface area contributed by atoms with Crippen molar-refractivity contribution in [3.63, 3.8) is 0 Å². The van der Waals surface area contributed by atoms with Crippen LogP contribution in [0.5, 0.6) is 0 Å². The lowest BCUT2D eigenvalue weighted by Gasteiger charge is -1.98. The van der Waals surface area contributed by atoms with Crippen molar-refractivity contribution in [1.82, 2.24) is 0 Å². The van der Waals surface area contributed by atoms with Gasteiger partial charge in [-0.15, -0.1) is 6.58 Å². The van der Waals surface area contributed by atoms with Crippen LogP contribution < -0.4 is 0 Å². The number of rotatable bonds is 4. The van der Waals surface area contributed by atoms with Crippen molar-refractivity contribution in [2.24, 2.45) is 0 Å². The Hall–Kier alpha value is -1.83. The van der Waals surface area contributed by atoms with Gasteiger partial charge in [-0.25, -0.2) is 0 Å². The normalized spacial score (nSPS) is 10.6. The van der Waals surface area contributed by atoms with Crippen molar-refractivity contribution in [3.05, 3.63) is 48.2 Å². The molecule has 0 aliphatic heterocycles. The Morgan fingerprint density at radius 3 is 2.81 bits per heavy atom. The molecule has 0 radical (unpaired) electrons. The third-order valence-electron chi connectivity index (χ3n) is 2.56. The number of allylic oxidation sites excluding steroid dienone is 1. The molecule has 2 nitrogen and oxygen atoms in total. The molecule has 0 N–H and O–H groups in total. The SMILES string of the molecule is C=C(C)CCC(=O)c1coc2ccccc12. The molecule has 2 heteroatoms. The second-order valence-electron chi connectivity index (χ2n) is 4.03. The van der Waals surface area contributed by atoms with Gasteiger partial charge in [0.25, 0.3) is 0 Å². The standard InChI is InChI=1S/C14H14O2/c1-10(2)7-8-13(15)12-9-16-14-6-4-3-5-11(12)14/h3-6,9H,1,7-8H2,2H3. The van der Waals surface area contributed by atoms with Crippen LogP contribution in [0, 0.1) is 0 Å². The molecule has 16 heavy (non-hydrogen) atoms. The Morgan fingerprint density at radius 2 is 2.06 bits per heavy atom. The Kier molecular flexibility index (Phi) is 2.91. The lowest BCUT2D eigenvalue weighted by atomic mass is 10.0. The third kappa shape index (κ3) is 2.06. The van der Waals surface area contributed by atoms with Gasteiger partial charge in [0.2, 0.25) is 0 Å². The van der Waals surface area contributed by atoms with Crippen LogP contribution in [0.15, 0.2) is 47.1 Å². The van der Waals surface area contributed by atoms with Crippen molar-refractivity contribution in [2.45, 2.75) is 19.8 Å². The summed E-state index contributed by atoms with van der Waals surface area (Å²) < 4.78 is 5.33. The molecule has 2 rings (SSSR count). The van der Waals surface area contributed by atoms with Crippen LogP contribution in [0.4, 0.5) is 0 Å². The number of fused-ring (bicyclic) bond motifs is 1. The van der Waals surface area contributed by atoms with Gasteiger partial charge in [-0.05, 0) is 19.4 Å². The van der Waals surface area contributed by atoms with Gasteiger partial charge in [-0.1, -0.05) is 23.8 Å². The number of carbonyl (C=O) groups is 1. The predicted molar refractivity (Wildman–Crippen MR) is 64.6 cm³/mol. The van der Waals surface area contributed by atoms with E-state index in [9.17, 15) is 4.79 Å². The summed E-state index contributed by atoms with van der Waals surface area (Å²) in [6.45, 7) is 5.73. The maximum atomic E-state index is 11.9. The zero-order valence-corrected chi connectivity index (χ0v) is 9.32. The number of carbonyl (C=O) groups excluding carboxylic acids is 1. The Balaban J connectivity index is 2.26. The highest BCUT2D eigenvalue weighted by molar-refractivity contribution is 6.07. The van der Waals surface area contributed by atoms with Gasteiger partial charge in [-0.3, -0.25) is 4.79 Å². The van der Waals surface area contributed by atoms with Crippen molar-refractivity contribution in [3.8, 4) is 0 Å². The fourth-order valence-corrected chi connectivity index (χ4v) is 1.66. The topological polar surface area (TPSA) is 30.2 Å². The zero-order valence-electron chi connectivity index (χ0n) is 9.32. The minimum absolute atomic E-state index is 0.118. The average molecular weight is 214 g/mol. The van der Waals surface area contributed by atoms with E-state index in [4.69, 9.17) is 4.42 Å². The quantitative estimate of drug-likeness (QED) is 0.569. The third-order valence-corrected chi connectivity index (χ3v) is 2.56. The van der Waals surface area contributed by atoms with E-state index in [0.29, 0.717) is 12.0 Å². The summed E-state index contributed by atoms with van der Waals surface area (Å²) >= 11 is 0. The molecule has 1 heterocycles. The smallest absolute Gasteiger partial charge is 0.167 e. The highest BCUT2D eigenvalue weighted by atomic mass is 16.3. The molecule has 0 saturated heterocycles. The summed E-state index contributed by atoms with van der Waals surface area (Å²) in [4.78, 5) is 11.9. The predicted octanol–water partition coefficient (Wildman–Crippen LogP) is 3.97. The highest BCUT2D eigenvalue weighted by Gasteiger charge is 2.12. The minimum atomic E-state index is 0.118. The molecular formula is C14H14O2. The summed E-state index contributed by atoms with van der Waals surface area (Å²) in [5, 5.41) is 0.897. The molecule has 1 aromatic carbocycles. The molecule has 0 bridgehead atoms. The van der Waals surface area contributed by atoms with E-state index >= 15 is 0 Å². The molecule has 0 unspecified atom stereocenters. The van der Waals surface area contributed by atoms with E-state index in [1.54, 1.807) is 6.26 Å². The van der Waals surface area contributed by atoms with Gasteiger partial charge in [0, 0.05) is 11.8 Å². The number of benzene rings is 1. The molecule has 0 amide bonds. The number of hydrogen-bond acceptors (Lipinski definition) is 2. The Labute approximate surface area is 94.6 Å². The summed E-state index contributed by atoms with van der Waals surface area (Å²) in [6, 6.07) is 7.58. The summed E-state index contributed by atoms with van der Waals surface area (Å²) in [5.74, 6) is 0.118. The van der Waals surface area contributed by atoms with Crippen LogP contribution >= 0.6 is 0 Å². The first-order valence-corrected chi connectivity index (χ1v) is 5.32. The van der Waals surface area contributed by atoms with Crippen LogP contribution in [0.2, 0.25) is 0 Å². The number of ketones is 1. The van der Waals surface area contributed by atoms with Crippen LogP contribution in [-0.2, 0) is 0 Å². The first-order chi connectivity index (χ1) is 7.68. The second kappa shape index (κ2) is 4.35. The molecular weight excluding hydrogens is 200 g/mol. The summed E-state index contributed by atoms with van der Waals surface area (Å²) in [6.07, 6.45) is 2.78. The Morgan fingerprint density at radius 1 is 1.31 bits per heavy atom. The first kappa shape index (κ1) is 10.7. The average Bonchev–Trinajstić information content (AvgIpc) is 2.69. The number of para-hydroxylation sites is 1. The van der Waals surface area contributed by atoms with Gasteiger partial charge in [0.05, 0.1) is 5.56 Å². The van der Waals surface area contributed by atoms with Gasteiger partial charge in [0.1, 0.15) is 11.8 Å². The van der Waals surface area contributed by atoms with Gasteiger partial charge in [-0.2, -0.15) is 0 Å². The molecule has 0 spiro atoms. The minimum Gasteiger partial charge on any atom is -0.464 e. The number of Topliss-reactive ketones (excluding diaryl/α,β-unsaturated/α-hetero) is 1. The second-order valence-corrected chi connectivity index (χ2v) is 4.03. The number of hydrogen-bond donors (Lipinski definition) is 0. The van der Waals surface area contributed by atoms with E-state index in [2.05, 4.69) is 6.58 Å². The molecule has 0 aliphatic carbocycles. The monoisotopic (exact) mass is 214 g/mol. The van der Waals surface area contributed by atoms with Gasteiger partial charge >= 0.3 is 0 Å². The highest BCUT2D eigenvalue weighted by Crippen LogP contribution is 2.22. The molecule has 82 valence electrons. The Bertz CT molecular complexity index is 534. The van der Waals surface area contributed by atoms with E-state index in [1.165, 1.54) is 0 Å². The van der Waals surface area contributed by atoms with Gasteiger partial charge < -0.3 is 4.42 Å². The van der Waals surface area contributed by atoms with E-state index in [-0.39, 0.29) is 5.78 Å². The van der Waals surface area contributed by atoms with Gasteiger partial charge in [0.15, 0.2) is 5.78 Å². The fraction of sp³-hybridized carbons (Fsp3) is 0.214. The molecule has 2 aromatic rings. The summed E-state index contributed by atoms with van der Waals surface area (Å²) in [5.41, 5.74) is 2.47. The molecule has 0 fully saturated rings. The van der Waals surface area contributed by atoms with E-state index in [0.717, 1.165) is 23.0 Å². The lowest BCUT2D eigenvalue weighted by Crippen LogP contribution is -1.97. The fourth-order valence-electron chi connectivity index (χ4n) is 1.66. The maximum absolute atomic E-state index is 11.9. The first-order valence-electron chi connectivity index (χ1n) is 5.32. The van der Waals surface area contributed by atoms with Crippen LogP contribution in [0.1, 0.15) is 30.1 Å². The van der Waals surface area contributed by atoms with Crippen LogP contribution in [0.25, 0.3) is 11.0 Å². The van der Waals surface area contributed by atoms with Crippen molar-refractivity contribution in [1.29, 1.82) is 0 Å². The molecule has 1 aromatic heterocycles. The van der Waals surface area contributed by atoms with E-state index < -0.39 is 0 Å². The van der Waals surface area contributed by atoms with Crippen LogP contribution in [-0.4, -0.2) is 5.78 Å². The molecule has 0 saturated carbocycles. The molecule has 0 aliphatic rings. The number of furan rings is 1. The summed E-state index contributed by atoms with van der Waals surface area (Å²) in [7, 11) is 0. The lowest BCUT2D eigenvalue weighted by molar-refractivity contribution is 0.0983. The van der Waals surface area contributed by atoms with Crippen molar-refractivity contribution >= 4 is 16.8 Å². The van der Waals surface area contributed by atoms with E-state index in [1.807, 2.05) is 31.2 Å². The zero-order chi connectivity index (χ0) is 11.5. The van der Waals surface area contributed by atoms with Crippen molar-refractivity contribution in [2.75, 3.05) is 0 Å². The molecule has 0 atom stereocenters. The van der Waals surface area contributed by atoms with Crippen LogP contribution in [0.3, 0.4) is 0 Å². The largest absolute Gasteiger partial charge is 0.464 e. The maximum Gasteiger partial charge on any atom is 0.167 e.